The molecule has 7 heteroatoms. The Morgan fingerprint density at radius 2 is 1.94 bits per heavy atom. The van der Waals surface area contributed by atoms with Gasteiger partial charge in [0, 0.05) is 0 Å². The van der Waals surface area contributed by atoms with Crippen LogP contribution >= 0.6 is 0 Å². The van der Waals surface area contributed by atoms with Crippen molar-refractivity contribution in [1.29, 1.82) is 0 Å². The van der Waals surface area contributed by atoms with Gasteiger partial charge in [-0.15, -0.1) is 0 Å². The molecule has 0 saturated heterocycles. The second-order valence-electron chi connectivity index (χ2n) is 7.55. The summed E-state index contributed by atoms with van der Waals surface area (Å²) >= 11 is 0. The van der Waals surface area contributed by atoms with E-state index in [1.54, 1.807) is 43.3 Å². The number of ether oxygens (including phenoxy) is 4. The van der Waals surface area contributed by atoms with E-state index in [1.165, 1.54) is 7.11 Å². The first-order chi connectivity index (χ1) is 15.4. The molecule has 0 saturated carbocycles. The zero-order valence-corrected chi connectivity index (χ0v) is 18.2. The number of rotatable bonds is 7. The molecule has 2 atom stereocenters. The van der Waals surface area contributed by atoms with Gasteiger partial charge in [-0.25, -0.2) is 9.59 Å². The van der Waals surface area contributed by atoms with Gasteiger partial charge in [-0.1, -0.05) is 24.8 Å². The van der Waals surface area contributed by atoms with Crippen molar-refractivity contribution in [3.05, 3.63) is 76.2 Å². The third-order valence-corrected chi connectivity index (χ3v) is 5.20. The summed E-state index contributed by atoms with van der Waals surface area (Å²) in [4.78, 5) is 25.8. The van der Waals surface area contributed by atoms with E-state index in [0.29, 0.717) is 40.4 Å². The minimum Gasteiger partial charge on any atom is -0.493 e. The predicted molar refractivity (Wildman–Crippen MR) is 119 cm³/mol. The number of para-hydroxylation sites is 1. The third kappa shape index (κ3) is 3.82. The van der Waals surface area contributed by atoms with Gasteiger partial charge in [0.2, 0.25) is 6.10 Å². The molecule has 2 heterocycles. The fourth-order valence-electron chi connectivity index (χ4n) is 3.83. The molecule has 3 aromatic rings. The summed E-state index contributed by atoms with van der Waals surface area (Å²) < 4.78 is 28.1. The van der Waals surface area contributed by atoms with Crippen LogP contribution in [0.1, 0.15) is 30.9 Å². The molecule has 4 rings (SSSR count). The summed E-state index contributed by atoms with van der Waals surface area (Å²) in [6.45, 7) is 7.94. The highest BCUT2D eigenvalue weighted by Crippen LogP contribution is 2.46. The summed E-state index contributed by atoms with van der Waals surface area (Å²) in [6, 6.07) is 12.3. The van der Waals surface area contributed by atoms with Crippen LogP contribution in [0.3, 0.4) is 0 Å². The zero-order valence-electron chi connectivity index (χ0n) is 18.2. The number of carbonyl (C=O) groups excluding carboxylic acids is 1. The topological polar surface area (TPSA) is 84.2 Å². The second-order valence-corrected chi connectivity index (χ2v) is 7.55. The predicted octanol–water partition coefficient (Wildman–Crippen LogP) is 4.21. The Balaban J connectivity index is 1.86. The quantitative estimate of drug-likeness (QED) is 0.312. The third-order valence-electron chi connectivity index (χ3n) is 5.20. The molecule has 32 heavy (non-hydrogen) atoms. The lowest BCUT2D eigenvalue weighted by Gasteiger charge is -2.19. The summed E-state index contributed by atoms with van der Waals surface area (Å²) in [5, 5.41) is 0.618. The molecule has 1 aliphatic heterocycles. The van der Waals surface area contributed by atoms with Crippen LogP contribution in [0, 0.1) is 0 Å². The second kappa shape index (κ2) is 8.78. The van der Waals surface area contributed by atoms with E-state index in [4.69, 9.17) is 23.4 Å². The maximum Gasteiger partial charge on any atom is 0.348 e. The maximum atomic E-state index is 13.0. The van der Waals surface area contributed by atoms with Gasteiger partial charge in [-0.3, -0.25) is 0 Å². The number of benzene rings is 2. The normalized spacial score (nSPS) is 16.8. The van der Waals surface area contributed by atoms with Gasteiger partial charge >= 0.3 is 11.6 Å². The molecule has 166 valence electrons. The zero-order chi connectivity index (χ0) is 22.8. The van der Waals surface area contributed by atoms with Crippen molar-refractivity contribution in [2.45, 2.75) is 25.9 Å². The van der Waals surface area contributed by atoms with Gasteiger partial charge in [0.25, 0.3) is 0 Å². The molecule has 2 aromatic carbocycles. The fraction of sp³-hybridized carbons (Fsp3) is 0.280. The van der Waals surface area contributed by atoms with Crippen LogP contribution in [-0.2, 0) is 9.53 Å². The standard InChI is InChI=1S/C25H24O7/c1-5-29-25(27)23-20(15-10-11-18(19(12-15)28-4)30-13-14(2)3)21-22(32-23)16-8-6-7-9-17(16)31-24(21)26/h6-12,20,23H,2,5,13H2,1,3-4H3. The highest BCUT2D eigenvalue weighted by atomic mass is 16.6. The Morgan fingerprint density at radius 3 is 2.66 bits per heavy atom. The number of hydrogen-bond acceptors (Lipinski definition) is 7. The van der Waals surface area contributed by atoms with Crippen molar-refractivity contribution in [3.63, 3.8) is 0 Å². The van der Waals surface area contributed by atoms with Gasteiger partial charge in [0.1, 0.15) is 17.9 Å². The lowest BCUT2D eigenvalue weighted by Crippen LogP contribution is -2.32. The minimum atomic E-state index is -1.04. The molecule has 0 aliphatic carbocycles. The molecule has 2 unspecified atom stereocenters. The average molecular weight is 436 g/mol. The van der Waals surface area contributed by atoms with E-state index in [1.807, 2.05) is 13.0 Å². The maximum absolute atomic E-state index is 13.0. The highest BCUT2D eigenvalue weighted by Gasteiger charge is 2.45. The van der Waals surface area contributed by atoms with Crippen molar-refractivity contribution >= 4 is 16.9 Å². The van der Waals surface area contributed by atoms with Gasteiger partial charge < -0.3 is 23.4 Å². The fourth-order valence-corrected chi connectivity index (χ4v) is 3.83. The van der Waals surface area contributed by atoms with Gasteiger partial charge in [-0.2, -0.15) is 0 Å². The van der Waals surface area contributed by atoms with E-state index in [9.17, 15) is 9.59 Å². The molecule has 0 radical (unpaired) electrons. The van der Waals surface area contributed by atoms with Crippen LogP contribution in [0.2, 0.25) is 0 Å². The van der Waals surface area contributed by atoms with E-state index < -0.39 is 23.6 Å². The summed E-state index contributed by atoms with van der Waals surface area (Å²) in [5.74, 6) is 0.0378. The molecule has 1 aliphatic rings. The van der Waals surface area contributed by atoms with Crippen LogP contribution in [-0.4, -0.2) is 32.4 Å². The van der Waals surface area contributed by atoms with Crippen molar-refractivity contribution < 1.29 is 28.2 Å². The first-order valence-corrected chi connectivity index (χ1v) is 10.3. The number of fused-ring (bicyclic) bond motifs is 3. The molecule has 0 fully saturated rings. The van der Waals surface area contributed by atoms with Crippen molar-refractivity contribution in [1.82, 2.24) is 0 Å². The average Bonchev–Trinajstić information content (AvgIpc) is 3.19. The minimum absolute atomic E-state index is 0.189. The first-order valence-electron chi connectivity index (χ1n) is 10.3. The summed E-state index contributed by atoms with van der Waals surface area (Å²) in [6.07, 6.45) is -1.04. The van der Waals surface area contributed by atoms with E-state index in [0.717, 1.165) is 5.57 Å². The molecule has 0 amide bonds. The Bertz CT molecular complexity index is 1240. The van der Waals surface area contributed by atoms with Crippen LogP contribution in [0.15, 0.2) is 63.8 Å². The Kier molecular flexibility index (Phi) is 5.90. The SMILES string of the molecule is C=C(C)COc1ccc(C2c3c(c4ccccc4oc3=O)OC2C(=O)OCC)cc1OC. The van der Waals surface area contributed by atoms with E-state index >= 15 is 0 Å². The lowest BCUT2D eigenvalue weighted by atomic mass is 9.88. The Hall–Kier alpha value is -3.74. The van der Waals surface area contributed by atoms with Crippen molar-refractivity contribution in [2.24, 2.45) is 0 Å². The number of carbonyl (C=O) groups is 1. The Labute approximate surface area is 185 Å². The van der Waals surface area contributed by atoms with E-state index in [-0.39, 0.29) is 12.2 Å². The number of hydrogen-bond donors (Lipinski definition) is 0. The lowest BCUT2D eigenvalue weighted by molar-refractivity contribution is -0.151. The summed E-state index contributed by atoms with van der Waals surface area (Å²) in [7, 11) is 1.52. The van der Waals surface area contributed by atoms with Gasteiger partial charge in [-0.05, 0) is 49.2 Å². The van der Waals surface area contributed by atoms with E-state index in [2.05, 4.69) is 6.58 Å². The number of methoxy groups -OCH3 is 1. The molecule has 0 bridgehead atoms. The summed E-state index contributed by atoms with van der Waals surface area (Å²) in [5.41, 5.74) is 1.61. The number of esters is 1. The highest BCUT2D eigenvalue weighted by molar-refractivity contribution is 5.88. The van der Waals surface area contributed by atoms with Gasteiger partial charge in [0.05, 0.1) is 30.6 Å². The molecule has 7 nitrogen and oxygen atoms in total. The Morgan fingerprint density at radius 1 is 1.16 bits per heavy atom. The molecular weight excluding hydrogens is 412 g/mol. The van der Waals surface area contributed by atoms with Gasteiger partial charge in [0.15, 0.2) is 11.5 Å². The van der Waals surface area contributed by atoms with Crippen LogP contribution < -0.4 is 19.8 Å². The largest absolute Gasteiger partial charge is 0.493 e. The molecule has 0 spiro atoms. The van der Waals surface area contributed by atoms with Crippen molar-refractivity contribution in [2.75, 3.05) is 20.3 Å². The van der Waals surface area contributed by atoms with Crippen LogP contribution in [0.25, 0.3) is 11.0 Å². The molecular formula is C25H24O7. The van der Waals surface area contributed by atoms with Crippen LogP contribution in [0.4, 0.5) is 0 Å². The van der Waals surface area contributed by atoms with Crippen LogP contribution in [0.5, 0.6) is 17.2 Å². The first kappa shape index (κ1) is 21.5. The molecule has 1 aromatic heterocycles. The van der Waals surface area contributed by atoms with Crippen molar-refractivity contribution in [3.8, 4) is 17.2 Å². The monoisotopic (exact) mass is 436 g/mol. The smallest absolute Gasteiger partial charge is 0.348 e. The molecule has 0 N–H and O–H groups in total.